The Hall–Kier alpha value is -1.77. The lowest BCUT2D eigenvalue weighted by atomic mass is 9.44. The molecule has 3 heteroatoms. The summed E-state index contributed by atoms with van der Waals surface area (Å²) in [7, 11) is 1.72. The van der Waals surface area contributed by atoms with Gasteiger partial charge >= 0.3 is 0 Å². The zero-order valence-corrected chi connectivity index (χ0v) is 25.8. The molecule has 0 N–H and O–H groups in total. The Morgan fingerprint density at radius 1 is 1.03 bits per heavy atom. The van der Waals surface area contributed by atoms with Crippen molar-refractivity contribution in [2.45, 2.75) is 112 Å². The van der Waals surface area contributed by atoms with E-state index in [1.54, 1.807) is 14.0 Å². The molecular formula is C36H53NO2. The van der Waals surface area contributed by atoms with Crippen LogP contribution < -0.4 is 4.74 Å². The van der Waals surface area contributed by atoms with Gasteiger partial charge in [-0.25, -0.2) is 0 Å². The molecule has 4 aliphatic carbocycles. The van der Waals surface area contributed by atoms with E-state index in [4.69, 9.17) is 4.74 Å². The minimum atomic E-state index is 0.144. The summed E-state index contributed by atoms with van der Waals surface area (Å²) in [6.07, 6.45) is 14.9. The first-order chi connectivity index (χ1) is 18.6. The average Bonchev–Trinajstić information content (AvgIpc) is 3.40. The van der Waals surface area contributed by atoms with Crippen LogP contribution >= 0.6 is 0 Å². The van der Waals surface area contributed by atoms with E-state index in [1.807, 2.05) is 0 Å². The summed E-state index contributed by atoms with van der Waals surface area (Å²) >= 11 is 0. The summed E-state index contributed by atoms with van der Waals surface area (Å²) in [4.78, 5) is 13.1. The second-order valence-corrected chi connectivity index (χ2v) is 15.2. The molecule has 6 rings (SSSR count). The average molecular weight is 532 g/mol. The van der Waals surface area contributed by atoms with Crippen LogP contribution in [-0.4, -0.2) is 17.6 Å². The van der Waals surface area contributed by atoms with E-state index in [0.29, 0.717) is 10.8 Å². The fourth-order valence-electron chi connectivity index (χ4n) is 11.1. The first-order valence-electron chi connectivity index (χ1n) is 16.3. The third-order valence-electron chi connectivity index (χ3n) is 13.0. The van der Waals surface area contributed by atoms with Crippen LogP contribution in [-0.2, 0) is 12.8 Å². The molecule has 8 atom stereocenters. The first kappa shape index (κ1) is 27.4. The van der Waals surface area contributed by atoms with Crippen molar-refractivity contribution in [3.8, 4) is 5.75 Å². The molecule has 0 saturated heterocycles. The maximum absolute atomic E-state index is 13.1. The van der Waals surface area contributed by atoms with Gasteiger partial charge in [0.05, 0.1) is 12.6 Å². The summed E-state index contributed by atoms with van der Waals surface area (Å²) in [5, 5.41) is 1.27. The molecule has 0 radical (unpaired) electrons. The van der Waals surface area contributed by atoms with Crippen LogP contribution in [0.2, 0.25) is 0 Å². The van der Waals surface area contributed by atoms with Gasteiger partial charge in [-0.15, -0.1) is 0 Å². The first-order valence-corrected chi connectivity index (χ1v) is 16.3. The quantitative estimate of drug-likeness (QED) is 0.372. The second kappa shape index (κ2) is 9.95. The van der Waals surface area contributed by atoms with Gasteiger partial charge in [-0.05, 0) is 121 Å². The maximum atomic E-state index is 13.1. The molecule has 1 aromatic carbocycles. The molecule has 0 bridgehead atoms. The molecule has 0 spiro atoms. The molecule has 4 aliphatic rings. The van der Waals surface area contributed by atoms with Crippen molar-refractivity contribution in [2.75, 3.05) is 7.11 Å². The fourth-order valence-corrected chi connectivity index (χ4v) is 11.1. The van der Waals surface area contributed by atoms with E-state index in [-0.39, 0.29) is 5.91 Å². The van der Waals surface area contributed by atoms with Crippen molar-refractivity contribution in [3.63, 3.8) is 0 Å². The van der Waals surface area contributed by atoms with Crippen LogP contribution in [0.1, 0.15) is 115 Å². The Morgan fingerprint density at radius 3 is 2.51 bits per heavy atom. The molecule has 0 aliphatic heterocycles. The Kier molecular flexibility index (Phi) is 6.99. The highest BCUT2D eigenvalue weighted by Crippen LogP contribution is 2.68. The highest BCUT2D eigenvalue weighted by molar-refractivity contribution is 5.96. The van der Waals surface area contributed by atoms with Crippen LogP contribution in [0.5, 0.6) is 5.75 Å². The molecule has 3 saturated carbocycles. The van der Waals surface area contributed by atoms with Crippen molar-refractivity contribution in [2.24, 2.45) is 52.3 Å². The molecule has 3 fully saturated rings. The van der Waals surface area contributed by atoms with Crippen molar-refractivity contribution in [1.82, 2.24) is 4.57 Å². The smallest absolute Gasteiger partial charge is 0.228 e. The number of rotatable bonds is 6. The van der Waals surface area contributed by atoms with Gasteiger partial charge in [0, 0.05) is 24.1 Å². The number of nitrogens with zero attached hydrogens (tertiary/aromatic N) is 1. The van der Waals surface area contributed by atoms with Crippen molar-refractivity contribution in [1.29, 1.82) is 0 Å². The number of fused-ring (bicyclic) bond motifs is 8. The van der Waals surface area contributed by atoms with Gasteiger partial charge in [0.15, 0.2) is 0 Å². The molecule has 214 valence electrons. The summed E-state index contributed by atoms with van der Waals surface area (Å²) in [5.74, 6) is 6.88. The van der Waals surface area contributed by atoms with E-state index >= 15 is 0 Å². The third-order valence-corrected chi connectivity index (χ3v) is 13.0. The van der Waals surface area contributed by atoms with Gasteiger partial charge in [-0.2, -0.15) is 0 Å². The zero-order chi connectivity index (χ0) is 27.7. The molecule has 39 heavy (non-hydrogen) atoms. The number of hydrogen-bond acceptors (Lipinski definition) is 2. The normalized spacial score (nSPS) is 36.3. The molecule has 0 amide bonds. The summed E-state index contributed by atoms with van der Waals surface area (Å²) in [5.41, 5.74) is 4.63. The maximum Gasteiger partial charge on any atom is 0.228 e. The molecular weight excluding hydrogens is 478 g/mol. The molecule has 2 aromatic rings. The summed E-state index contributed by atoms with van der Waals surface area (Å²) < 4.78 is 7.61. The minimum Gasteiger partial charge on any atom is -0.497 e. The number of aromatic nitrogens is 1. The van der Waals surface area contributed by atoms with Crippen LogP contribution in [0.25, 0.3) is 10.9 Å². The Balaban J connectivity index is 1.29. The predicted molar refractivity (Wildman–Crippen MR) is 161 cm³/mol. The van der Waals surface area contributed by atoms with Crippen LogP contribution in [0.3, 0.4) is 0 Å². The standard InChI is InChI=1S/C36H53NO2/c1-22(2)9-8-10-23(3)30-15-16-31-28-13-11-25-19-29-27-14-12-26(39-7)20-33(27)37(24(4)38)34(29)21-36(25,6)32(28)17-18-35(30,31)5/h12,14,20,22-23,25,28,30-32H,8-11,13,15-19,21H2,1-7H3. The fraction of sp³-hybridized carbons (Fsp3) is 0.750. The number of benzene rings is 1. The third kappa shape index (κ3) is 4.23. The van der Waals surface area contributed by atoms with Gasteiger partial charge in [-0.3, -0.25) is 9.36 Å². The zero-order valence-electron chi connectivity index (χ0n) is 25.8. The van der Waals surface area contributed by atoms with Gasteiger partial charge in [0.25, 0.3) is 0 Å². The van der Waals surface area contributed by atoms with Gasteiger partial charge in [0.1, 0.15) is 5.75 Å². The lowest BCUT2D eigenvalue weighted by molar-refractivity contribution is -0.104. The Morgan fingerprint density at radius 2 is 1.79 bits per heavy atom. The Bertz CT molecular complexity index is 1240. The van der Waals surface area contributed by atoms with Gasteiger partial charge in [-0.1, -0.05) is 53.9 Å². The van der Waals surface area contributed by atoms with E-state index in [2.05, 4.69) is 57.4 Å². The van der Waals surface area contributed by atoms with E-state index in [1.165, 1.54) is 74.4 Å². The predicted octanol–water partition coefficient (Wildman–Crippen LogP) is 9.35. The van der Waals surface area contributed by atoms with E-state index in [9.17, 15) is 4.79 Å². The number of carbonyl (C=O) groups is 1. The van der Waals surface area contributed by atoms with Gasteiger partial charge < -0.3 is 4.74 Å². The summed E-state index contributed by atoms with van der Waals surface area (Å²) in [6.45, 7) is 14.4. The highest BCUT2D eigenvalue weighted by Gasteiger charge is 2.60. The topological polar surface area (TPSA) is 31.2 Å². The molecule has 8 unspecified atom stereocenters. The number of ether oxygens (including phenoxy) is 1. The Labute approximate surface area is 237 Å². The van der Waals surface area contributed by atoms with E-state index in [0.717, 1.165) is 65.5 Å². The molecule has 1 aromatic heterocycles. The SMILES string of the molecule is COc1ccc2c3c(n(C(C)=O)c2c1)CC1(C)C(CCC2C1CCC1(C)C(C(C)CCCC(C)C)CCC21)C3. The number of methoxy groups -OCH3 is 1. The minimum absolute atomic E-state index is 0.144. The van der Waals surface area contributed by atoms with E-state index < -0.39 is 0 Å². The number of carbonyl (C=O) groups excluding carboxylic acids is 1. The van der Waals surface area contributed by atoms with Crippen molar-refractivity contribution < 1.29 is 9.53 Å². The highest BCUT2D eigenvalue weighted by atomic mass is 16.5. The van der Waals surface area contributed by atoms with Crippen molar-refractivity contribution in [3.05, 3.63) is 29.5 Å². The lowest BCUT2D eigenvalue weighted by Crippen LogP contribution is -2.54. The summed E-state index contributed by atoms with van der Waals surface area (Å²) in [6, 6.07) is 6.35. The number of hydrogen-bond donors (Lipinski definition) is 0. The van der Waals surface area contributed by atoms with Crippen molar-refractivity contribution >= 4 is 16.8 Å². The van der Waals surface area contributed by atoms with Crippen LogP contribution in [0, 0.1) is 52.3 Å². The van der Waals surface area contributed by atoms with Crippen LogP contribution in [0.4, 0.5) is 0 Å². The van der Waals surface area contributed by atoms with Crippen LogP contribution in [0.15, 0.2) is 18.2 Å². The second-order valence-electron chi connectivity index (χ2n) is 15.2. The molecule has 1 heterocycles. The lowest BCUT2D eigenvalue weighted by Gasteiger charge is -2.60. The van der Waals surface area contributed by atoms with Gasteiger partial charge in [0.2, 0.25) is 5.91 Å². The monoisotopic (exact) mass is 531 g/mol. The largest absolute Gasteiger partial charge is 0.497 e. The molecule has 3 nitrogen and oxygen atoms in total.